The highest BCUT2D eigenvalue weighted by Crippen LogP contribution is 2.25. The van der Waals surface area contributed by atoms with Crippen molar-refractivity contribution in [1.82, 2.24) is 0 Å². The molecule has 0 saturated heterocycles. The van der Waals surface area contributed by atoms with Crippen molar-refractivity contribution in [2.45, 2.75) is 33.1 Å². The predicted octanol–water partition coefficient (Wildman–Crippen LogP) is 3.93. The monoisotopic (exact) mass is 240 g/mol. The van der Waals surface area contributed by atoms with Crippen molar-refractivity contribution >= 4 is 11.6 Å². The standard InChI is InChI=1S/C14H21ClO/c1-3-6-11(2)13(10-16)9-12-7-4-5-8-14(12)15/h4-5,7-8,11,13,16H,3,6,9-10H2,1-2H3. The van der Waals surface area contributed by atoms with Crippen LogP contribution in [0.2, 0.25) is 5.02 Å². The molecule has 1 aromatic carbocycles. The maximum atomic E-state index is 9.43. The fraction of sp³-hybridized carbons (Fsp3) is 0.571. The van der Waals surface area contributed by atoms with Crippen LogP contribution >= 0.6 is 11.6 Å². The first-order chi connectivity index (χ1) is 7.69. The van der Waals surface area contributed by atoms with Gasteiger partial charge >= 0.3 is 0 Å². The lowest BCUT2D eigenvalue weighted by Crippen LogP contribution is -2.18. The van der Waals surface area contributed by atoms with Crippen LogP contribution in [0.15, 0.2) is 24.3 Å². The van der Waals surface area contributed by atoms with Gasteiger partial charge in [0.15, 0.2) is 0 Å². The molecule has 2 unspecified atom stereocenters. The van der Waals surface area contributed by atoms with Gasteiger partial charge in [-0.15, -0.1) is 0 Å². The summed E-state index contributed by atoms with van der Waals surface area (Å²) in [6, 6.07) is 7.90. The van der Waals surface area contributed by atoms with E-state index >= 15 is 0 Å². The third-order valence-electron chi connectivity index (χ3n) is 3.22. The summed E-state index contributed by atoms with van der Waals surface area (Å²) in [6.07, 6.45) is 3.20. The van der Waals surface area contributed by atoms with E-state index in [2.05, 4.69) is 13.8 Å². The molecule has 0 aliphatic heterocycles. The second-order valence-electron chi connectivity index (χ2n) is 4.50. The largest absolute Gasteiger partial charge is 0.396 e. The topological polar surface area (TPSA) is 20.2 Å². The van der Waals surface area contributed by atoms with Crippen LogP contribution in [0.5, 0.6) is 0 Å². The van der Waals surface area contributed by atoms with Gasteiger partial charge in [0.05, 0.1) is 0 Å². The van der Waals surface area contributed by atoms with E-state index in [1.165, 1.54) is 6.42 Å². The minimum atomic E-state index is 0.242. The van der Waals surface area contributed by atoms with Gasteiger partial charge in [0.2, 0.25) is 0 Å². The molecule has 1 rings (SSSR count). The first-order valence-corrected chi connectivity index (χ1v) is 6.41. The van der Waals surface area contributed by atoms with Crippen LogP contribution in [-0.4, -0.2) is 11.7 Å². The number of hydrogen-bond donors (Lipinski definition) is 1. The highest BCUT2D eigenvalue weighted by molar-refractivity contribution is 6.31. The zero-order valence-electron chi connectivity index (χ0n) is 10.1. The lowest BCUT2D eigenvalue weighted by Gasteiger charge is -2.22. The molecule has 0 amide bonds. The van der Waals surface area contributed by atoms with E-state index in [-0.39, 0.29) is 6.61 Å². The van der Waals surface area contributed by atoms with Crippen molar-refractivity contribution in [2.24, 2.45) is 11.8 Å². The number of halogens is 1. The summed E-state index contributed by atoms with van der Waals surface area (Å²) in [5.74, 6) is 0.867. The zero-order valence-corrected chi connectivity index (χ0v) is 10.9. The Morgan fingerprint density at radius 1 is 1.31 bits per heavy atom. The molecule has 0 fully saturated rings. The summed E-state index contributed by atoms with van der Waals surface area (Å²) < 4.78 is 0. The molecule has 2 heteroatoms. The Morgan fingerprint density at radius 2 is 2.00 bits per heavy atom. The molecule has 1 aromatic rings. The molecule has 0 bridgehead atoms. The Kier molecular flexibility index (Phi) is 5.86. The molecule has 0 radical (unpaired) electrons. The Labute approximate surface area is 103 Å². The molecular weight excluding hydrogens is 220 g/mol. The van der Waals surface area contributed by atoms with E-state index in [1.807, 2.05) is 24.3 Å². The van der Waals surface area contributed by atoms with Gasteiger partial charge in [-0.05, 0) is 29.9 Å². The second-order valence-corrected chi connectivity index (χ2v) is 4.91. The molecule has 0 aromatic heterocycles. The van der Waals surface area contributed by atoms with Crippen LogP contribution in [0.1, 0.15) is 32.3 Å². The van der Waals surface area contributed by atoms with Crippen molar-refractivity contribution < 1.29 is 5.11 Å². The number of aliphatic hydroxyl groups is 1. The van der Waals surface area contributed by atoms with Crippen LogP contribution in [-0.2, 0) is 6.42 Å². The number of benzene rings is 1. The molecule has 16 heavy (non-hydrogen) atoms. The van der Waals surface area contributed by atoms with Crippen LogP contribution in [0.3, 0.4) is 0 Å². The third-order valence-corrected chi connectivity index (χ3v) is 3.59. The molecule has 0 saturated carbocycles. The van der Waals surface area contributed by atoms with Crippen molar-refractivity contribution in [2.75, 3.05) is 6.61 Å². The van der Waals surface area contributed by atoms with Crippen LogP contribution < -0.4 is 0 Å². The minimum absolute atomic E-state index is 0.242. The lowest BCUT2D eigenvalue weighted by atomic mass is 9.86. The number of hydrogen-bond acceptors (Lipinski definition) is 1. The van der Waals surface area contributed by atoms with E-state index in [9.17, 15) is 5.11 Å². The molecule has 1 nitrogen and oxygen atoms in total. The third kappa shape index (κ3) is 3.80. The molecule has 2 atom stereocenters. The maximum Gasteiger partial charge on any atom is 0.0465 e. The molecule has 1 N–H and O–H groups in total. The van der Waals surface area contributed by atoms with Gasteiger partial charge < -0.3 is 5.11 Å². The average Bonchev–Trinajstić information content (AvgIpc) is 2.28. The summed E-state index contributed by atoms with van der Waals surface area (Å²) in [4.78, 5) is 0. The summed E-state index contributed by atoms with van der Waals surface area (Å²) >= 11 is 6.13. The van der Waals surface area contributed by atoms with Gasteiger partial charge in [0, 0.05) is 11.6 Å². The highest BCUT2D eigenvalue weighted by atomic mass is 35.5. The molecule has 0 aliphatic rings. The highest BCUT2D eigenvalue weighted by Gasteiger charge is 2.17. The number of aliphatic hydroxyl groups excluding tert-OH is 1. The van der Waals surface area contributed by atoms with Crippen molar-refractivity contribution in [3.05, 3.63) is 34.9 Å². The Bertz CT molecular complexity index is 311. The smallest absolute Gasteiger partial charge is 0.0465 e. The molecule has 0 spiro atoms. The van der Waals surface area contributed by atoms with Gasteiger partial charge in [-0.1, -0.05) is 56.5 Å². The van der Waals surface area contributed by atoms with Gasteiger partial charge in [-0.3, -0.25) is 0 Å². The Hall–Kier alpha value is -0.530. The van der Waals surface area contributed by atoms with Gasteiger partial charge in [-0.25, -0.2) is 0 Å². The van der Waals surface area contributed by atoms with Crippen molar-refractivity contribution in [1.29, 1.82) is 0 Å². The van der Waals surface area contributed by atoms with Gasteiger partial charge in [0.1, 0.15) is 0 Å². The van der Waals surface area contributed by atoms with E-state index in [0.717, 1.165) is 23.4 Å². The van der Waals surface area contributed by atoms with Crippen LogP contribution in [0, 0.1) is 11.8 Å². The fourth-order valence-corrected chi connectivity index (χ4v) is 2.30. The summed E-state index contributed by atoms with van der Waals surface area (Å²) in [7, 11) is 0. The lowest BCUT2D eigenvalue weighted by molar-refractivity contribution is 0.176. The molecular formula is C14H21ClO. The number of rotatable bonds is 6. The van der Waals surface area contributed by atoms with E-state index in [1.54, 1.807) is 0 Å². The summed E-state index contributed by atoms with van der Waals surface area (Å²) in [6.45, 7) is 4.63. The van der Waals surface area contributed by atoms with Gasteiger partial charge in [-0.2, -0.15) is 0 Å². The van der Waals surface area contributed by atoms with Crippen molar-refractivity contribution in [3.63, 3.8) is 0 Å². The Morgan fingerprint density at radius 3 is 2.56 bits per heavy atom. The predicted molar refractivity (Wildman–Crippen MR) is 69.8 cm³/mol. The second kappa shape index (κ2) is 6.93. The average molecular weight is 241 g/mol. The van der Waals surface area contributed by atoms with E-state index < -0.39 is 0 Å². The van der Waals surface area contributed by atoms with Crippen LogP contribution in [0.25, 0.3) is 0 Å². The molecule has 0 heterocycles. The Balaban J connectivity index is 2.66. The van der Waals surface area contributed by atoms with Gasteiger partial charge in [0.25, 0.3) is 0 Å². The van der Waals surface area contributed by atoms with Crippen molar-refractivity contribution in [3.8, 4) is 0 Å². The summed E-state index contributed by atoms with van der Waals surface area (Å²) in [5, 5.41) is 10.2. The SMILES string of the molecule is CCCC(C)C(CO)Cc1ccccc1Cl. The van der Waals surface area contributed by atoms with Crippen LogP contribution in [0.4, 0.5) is 0 Å². The minimum Gasteiger partial charge on any atom is -0.396 e. The summed E-state index contributed by atoms with van der Waals surface area (Å²) in [5.41, 5.74) is 1.14. The van der Waals surface area contributed by atoms with E-state index in [4.69, 9.17) is 11.6 Å². The van der Waals surface area contributed by atoms with E-state index in [0.29, 0.717) is 11.8 Å². The zero-order chi connectivity index (χ0) is 12.0. The molecule has 90 valence electrons. The first-order valence-electron chi connectivity index (χ1n) is 6.03. The normalized spacial score (nSPS) is 14.8. The molecule has 0 aliphatic carbocycles. The maximum absolute atomic E-state index is 9.43. The fourth-order valence-electron chi connectivity index (χ4n) is 2.08. The first kappa shape index (κ1) is 13.5. The quantitative estimate of drug-likeness (QED) is 0.799.